The Morgan fingerprint density at radius 3 is 3.06 bits per heavy atom. The Hall–Kier alpha value is -0.940. The lowest BCUT2D eigenvalue weighted by atomic mass is 10.2. The van der Waals surface area contributed by atoms with E-state index in [2.05, 4.69) is 29.2 Å². The first-order valence-corrected chi connectivity index (χ1v) is 6.83. The van der Waals surface area contributed by atoms with Crippen LogP contribution in [-0.2, 0) is 17.8 Å². The smallest absolute Gasteiger partial charge is 0.140 e. The maximum absolute atomic E-state index is 5.48. The number of rotatable bonds is 6. The summed E-state index contributed by atoms with van der Waals surface area (Å²) in [5.74, 6) is 1.61. The minimum absolute atomic E-state index is 0.353. The molecule has 2 atom stereocenters. The van der Waals surface area contributed by atoms with Gasteiger partial charge in [-0.2, -0.15) is 5.10 Å². The molecule has 0 aliphatic heterocycles. The molecular formula is C13H24N4O. The highest BCUT2D eigenvalue weighted by Gasteiger charge is 2.26. The fourth-order valence-electron chi connectivity index (χ4n) is 2.59. The van der Waals surface area contributed by atoms with Gasteiger partial charge in [-0.3, -0.25) is 0 Å². The summed E-state index contributed by atoms with van der Waals surface area (Å²) >= 11 is 0. The van der Waals surface area contributed by atoms with Crippen LogP contribution in [0, 0.1) is 5.92 Å². The monoisotopic (exact) mass is 252 g/mol. The van der Waals surface area contributed by atoms with Crippen LogP contribution in [0.4, 0.5) is 0 Å². The summed E-state index contributed by atoms with van der Waals surface area (Å²) in [4.78, 5) is 4.33. The van der Waals surface area contributed by atoms with Gasteiger partial charge in [0.1, 0.15) is 12.2 Å². The van der Waals surface area contributed by atoms with Crippen LogP contribution in [0.1, 0.15) is 38.9 Å². The first-order valence-electron chi connectivity index (χ1n) is 6.83. The number of ether oxygens (including phenoxy) is 1. The molecule has 102 valence electrons. The zero-order chi connectivity index (χ0) is 13.0. The second-order valence-corrected chi connectivity index (χ2v) is 5.44. The molecule has 0 spiro atoms. The zero-order valence-corrected chi connectivity index (χ0v) is 11.6. The molecule has 5 heteroatoms. The van der Waals surface area contributed by atoms with Crippen LogP contribution in [0.15, 0.2) is 6.33 Å². The van der Waals surface area contributed by atoms with E-state index in [4.69, 9.17) is 4.74 Å². The molecule has 1 fully saturated rings. The van der Waals surface area contributed by atoms with Crippen LogP contribution in [0.2, 0.25) is 0 Å². The minimum Gasteiger partial charge on any atom is -0.380 e. The number of nitrogens with zero attached hydrogens (tertiary/aromatic N) is 3. The van der Waals surface area contributed by atoms with Crippen molar-refractivity contribution in [3.05, 3.63) is 12.2 Å². The zero-order valence-electron chi connectivity index (χ0n) is 11.6. The van der Waals surface area contributed by atoms with Gasteiger partial charge in [-0.15, -0.1) is 0 Å². The lowest BCUT2D eigenvalue weighted by Gasteiger charge is -2.19. The minimum atomic E-state index is 0.353. The average molecular weight is 252 g/mol. The van der Waals surface area contributed by atoms with Gasteiger partial charge in [0.2, 0.25) is 0 Å². The molecule has 1 aromatic heterocycles. The Kier molecular flexibility index (Phi) is 4.72. The highest BCUT2D eigenvalue weighted by molar-refractivity contribution is 4.89. The van der Waals surface area contributed by atoms with Crippen molar-refractivity contribution in [3.8, 4) is 0 Å². The number of nitrogens with one attached hydrogen (secondary N) is 1. The van der Waals surface area contributed by atoms with Crippen molar-refractivity contribution >= 4 is 0 Å². The van der Waals surface area contributed by atoms with E-state index in [0.29, 0.717) is 18.1 Å². The molecular weight excluding hydrogens is 228 g/mol. The summed E-state index contributed by atoms with van der Waals surface area (Å²) in [6, 6.07) is 0.458. The summed E-state index contributed by atoms with van der Waals surface area (Å²) in [5, 5.41) is 7.83. The van der Waals surface area contributed by atoms with E-state index in [1.54, 1.807) is 13.4 Å². The second kappa shape index (κ2) is 6.29. The van der Waals surface area contributed by atoms with Crippen LogP contribution < -0.4 is 5.32 Å². The normalized spacial score (nSPS) is 24.0. The van der Waals surface area contributed by atoms with E-state index < -0.39 is 0 Å². The maximum Gasteiger partial charge on any atom is 0.140 e. The molecule has 1 N–H and O–H groups in total. The van der Waals surface area contributed by atoms with Gasteiger partial charge in [0.15, 0.2) is 0 Å². The Labute approximate surface area is 109 Å². The van der Waals surface area contributed by atoms with E-state index in [1.165, 1.54) is 12.8 Å². The molecule has 1 aliphatic carbocycles. The molecule has 0 amide bonds. The Morgan fingerprint density at radius 2 is 2.33 bits per heavy atom. The van der Waals surface area contributed by atoms with Crippen molar-refractivity contribution in [2.24, 2.45) is 5.92 Å². The maximum atomic E-state index is 5.48. The lowest BCUT2D eigenvalue weighted by molar-refractivity contribution is 0.0843. The van der Waals surface area contributed by atoms with E-state index in [0.717, 1.165) is 25.3 Å². The number of methoxy groups -OCH3 is 1. The van der Waals surface area contributed by atoms with Crippen molar-refractivity contribution < 1.29 is 4.74 Å². The van der Waals surface area contributed by atoms with E-state index in [9.17, 15) is 0 Å². The van der Waals surface area contributed by atoms with Crippen LogP contribution in [0.25, 0.3) is 0 Å². The lowest BCUT2D eigenvalue weighted by Crippen LogP contribution is -2.37. The van der Waals surface area contributed by atoms with Gasteiger partial charge in [-0.1, -0.05) is 13.8 Å². The third-order valence-electron chi connectivity index (χ3n) is 3.51. The van der Waals surface area contributed by atoms with Crippen molar-refractivity contribution in [1.82, 2.24) is 20.1 Å². The molecule has 1 saturated carbocycles. The van der Waals surface area contributed by atoms with Crippen LogP contribution in [0.3, 0.4) is 0 Å². The van der Waals surface area contributed by atoms with Gasteiger partial charge in [0, 0.05) is 19.7 Å². The Bertz CT molecular complexity index is 364. The highest BCUT2D eigenvalue weighted by atomic mass is 16.5. The van der Waals surface area contributed by atoms with Crippen molar-refractivity contribution in [2.45, 2.75) is 58.3 Å². The standard InChI is InChI=1S/C13H24N4O/c1-10(2)8-17-13(15-9-16-17)7-14-11-5-4-6-12(11)18-3/h9-12,14H,4-8H2,1-3H3. The quantitative estimate of drug-likeness (QED) is 0.835. The first kappa shape index (κ1) is 13.5. The van der Waals surface area contributed by atoms with Gasteiger partial charge >= 0.3 is 0 Å². The summed E-state index contributed by atoms with van der Waals surface area (Å²) in [6.45, 7) is 6.08. The first-order chi connectivity index (χ1) is 8.70. The molecule has 1 aromatic rings. The van der Waals surface area contributed by atoms with Gasteiger partial charge in [0.25, 0.3) is 0 Å². The molecule has 0 saturated heterocycles. The van der Waals surface area contributed by atoms with Crippen LogP contribution in [0.5, 0.6) is 0 Å². The van der Waals surface area contributed by atoms with Gasteiger partial charge in [0.05, 0.1) is 12.6 Å². The Morgan fingerprint density at radius 1 is 1.50 bits per heavy atom. The summed E-state index contributed by atoms with van der Waals surface area (Å²) in [7, 11) is 1.80. The SMILES string of the molecule is COC1CCCC1NCc1ncnn1CC(C)C. The molecule has 2 unspecified atom stereocenters. The molecule has 5 nitrogen and oxygen atoms in total. The van der Waals surface area contributed by atoms with E-state index in [1.807, 2.05) is 4.68 Å². The van der Waals surface area contributed by atoms with E-state index in [-0.39, 0.29) is 0 Å². The van der Waals surface area contributed by atoms with Gasteiger partial charge in [-0.25, -0.2) is 9.67 Å². The number of hydrogen-bond donors (Lipinski definition) is 1. The van der Waals surface area contributed by atoms with Gasteiger partial charge in [-0.05, 0) is 25.2 Å². The van der Waals surface area contributed by atoms with E-state index >= 15 is 0 Å². The van der Waals surface area contributed by atoms with Crippen LogP contribution >= 0.6 is 0 Å². The van der Waals surface area contributed by atoms with Crippen molar-refractivity contribution in [2.75, 3.05) is 7.11 Å². The molecule has 0 bridgehead atoms. The molecule has 2 rings (SSSR count). The topological polar surface area (TPSA) is 52.0 Å². The number of hydrogen-bond acceptors (Lipinski definition) is 4. The summed E-state index contributed by atoms with van der Waals surface area (Å²) in [5.41, 5.74) is 0. The summed E-state index contributed by atoms with van der Waals surface area (Å²) in [6.07, 6.45) is 5.59. The number of aromatic nitrogens is 3. The predicted octanol–water partition coefficient (Wildman–Crippen LogP) is 1.59. The highest BCUT2D eigenvalue weighted by Crippen LogP contribution is 2.21. The third kappa shape index (κ3) is 3.29. The fourth-order valence-corrected chi connectivity index (χ4v) is 2.59. The van der Waals surface area contributed by atoms with Crippen molar-refractivity contribution in [1.29, 1.82) is 0 Å². The molecule has 0 aromatic carbocycles. The Balaban J connectivity index is 1.88. The van der Waals surface area contributed by atoms with Crippen molar-refractivity contribution in [3.63, 3.8) is 0 Å². The summed E-state index contributed by atoms with van der Waals surface area (Å²) < 4.78 is 7.48. The molecule has 18 heavy (non-hydrogen) atoms. The second-order valence-electron chi connectivity index (χ2n) is 5.44. The largest absolute Gasteiger partial charge is 0.380 e. The molecule has 1 aliphatic rings. The predicted molar refractivity (Wildman–Crippen MR) is 70.1 cm³/mol. The van der Waals surface area contributed by atoms with Crippen LogP contribution in [-0.4, -0.2) is 34.0 Å². The molecule has 1 heterocycles. The fraction of sp³-hybridized carbons (Fsp3) is 0.846. The average Bonchev–Trinajstić information content (AvgIpc) is 2.94. The molecule has 0 radical (unpaired) electrons. The third-order valence-corrected chi connectivity index (χ3v) is 3.51. The van der Waals surface area contributed by atoms with Gasteiger partial charge < -0.3 is 10.1 Å².